The molecule has 0 atom stereocenters. The van der Waals surface area contributed by atoms with Crippen molar-refractivity contribution >= 4 is 28.2 Å². The van der Waals surface area contributed by atoms with Crippen LogP contribution in [0.3, 0.4) is 0 Å². The Bertz CT molecular complexity index is 649. The molecule has 0 aliphatic rings. The van der Waals surface area contributed by atoms with Gasteiger partial charge in [0.2, 0.25) is 5.69 Å². The van der Waals surface area contributed by atoms with Crippen molar-refractivity contribution in [1.29, 1.82) is 0 Å². The highest BCUT2D eigenvalue weighted by Gasteiger charge is 2.43. The highest BCUT2D eigenvalue weighted by Crippen LogP contribution is 2.42. The van der Waals surface area contributed by atoms with Crippen molar-refractivity contribution in [2.45, 2.75) is 6.18 Å². The van der Waals surface area contributed by atoms with Gasteiger partial charge in [-0.2, -0.15) is 13.2 Å². The topological polar surface area (TPSA) is 48.1 Å². The molecule has 1 aromatic heterocycles. The largest absolute Gasteiger partial charge is 0.438 e. The molecule has 0 bridgehead atoms. The van der Waals surface area contributed by atoms with Crippen LogP contribution in [0.25, 0.3) is 10.9 Å². The second-order valence-corrected chi connectivity index (χ2v) is 4.11. The first kappa shape index (κ1) is 12.7. The van der Waals surface area contributed by atoms with Crippen molar-refractivity contribution in [3.05, 3.63) is 39.0 Å². The number of nitrogens with zero attached hydrogens (tertiary/aromatic N) is 2. The fraction of sp³-hybridized carbons (Fsp3) is 0.200. The van der Waals surface area contributed by atoms with Gasteiger partial charge in [0.25, 0.3) is 0 Å². The summed E-state index contributed by atoms with van der Waals surface area (Å²) in [6.07, 6.45) is -4.80. The lowest BCUT2D eigenvalue weighted by atomic mass is 10.2. The summed E-state index contributed by atoms with van der Waals surface area (Å²) in [5.41, 5.74) is -2.16. The van der Waals surface area contributed by atoms with Crippen molar-refractivity contribution in [1.82, 2.24) is 4.57 Å². The molecule has 96 valence electrons. The second kappa shape index (κ2) is 3.88. The van der Waals surface area contributed by atoms with Gasteiger partial charge in [0, 0.05) is 12.1 Å². The van der Waals surface area contributed by atoms with Gasteiger partial charge in [-0.25, -0.2) is 0 Å². The molecule has 0 saturated carbocycles. The fourth-order valence-corrected chi connectivity index (χ4v) is 2.06. The molecular formula is C10H6ClF3N2O2. The van der Waals surface area contributed by atoms with E-state index in [2.05, 4.69) is 0 Å². The van der Waals surface area contributed by atoms with Gasteiger partial charge < -0.3 is 4.57 Å². The average Bonchev–Trinajstić information content (AvgIpc) is 2.51. The molecule has 0 N–H and O–H groups in total. The Kier molecular flexibility index (Phi) is 2.73. The summed E-state index contributed by atoms with van der Waals surface area (Å²) in [6.45, 7) is 0. The van der Waals surface area contributed by atoms with E-state index in [0.29, 0.717) is 0 Å². The van der Waals surface area contributed by atoms with E-state index in [1.54, 1.807) is 0 Å². The maximum absolute atomic E-state index is 12.9. The lowest BCUT2D eigenvalue weighted by Crippen LogP contribution is -2.13. The van der Waals surface area contributed by atoms with Crippen LogP contribution in [0.5, 0.6) is 0 Å². The molecule has 1 heterocycles. The number of hydrogen-bond donors (Lipinski definition) is 0. The molecule has 8 heteroatoms. The van der Waals surface area contributed by atoms with Gasteiger partial charge >= 0.3 is 11.9 Å². The Morgan fingerprint density at radius 3 is 2.50 bits per heavy atom. The molecule has 1 aromatic carbocycles. The van der Waals surface area contributed by atoms with Crippen molar-refractivity contribution in [3.8, 4) is 0 Å². The van der Waals surface area contributed by atoms with Crippen LogP contribution in [-0.4, -0.2) is 9.49 Å². The summed E-state index contributed by atoms with van der Waals surface area (Å²) >= 11 is 5.68. The molecule has 0 amide bonds. The van der Waals surface area contributed by atoms with E-state index >= 15 is 0 Å². The van der Waals surface area contributed by atoms with Crippen molar-refractivity contribution < 1.29 is 18.1 Å². The van der Waals surface area contributed by atoms with Gasteiger partial charge in [0.15, 0.2) is 0 Å². The van der Waals surface area contributed by atoms with E-state index in [1.165, 1.54) is 18.2 Å². The lowest BCUT2D eigenvalue weighted by Gasteiger charge is -2.07. The fourth-order valence-electron chi connectivity index (χ4n) is 1.90. The van der Waals surface area contributed by atoms with Crippen LogP contribution in [-0.2, 0) is 13.2 Å². The molecule has 2 aromatic rings. The Labute approximate surface area is 104 Å². The third-order valence-corrected chi connectivity index (χ3v) is 2.82. The van der Waals surface area contributed by atoms with Crippen LogP contribution in [0.4, 0.5) is 18.9 Å². The SMILES string of the molecule is Cn1c(C(F)(F)F)c([N+](=O)[O-])c2ccc(Cl)cc21. The summed E-state index contributed by atoms with van der Waals surface area (Å²) < 4.78 is 39.3. The van der Waals surface area contributed by atoms with Gasteiger partial charge in [0.1, 0.15) is 0 Å². The predicted octanol–water partition coefficient (Wildman–Crippen LogP) is 3.76. The zero-order valence-electron chi connectivity index (χ0n) is 8.95. The summed E-state index contributed by atoms with van der Waals surface area (Å²) in [6, 6.07) is 3.79. The van der Waals surface area contributed by atoms with Crippen molar-refractivity contribution in [2.75, 3.05) is 0 Å². The summed E-state index contributed by atoms with van der Waals surface area (Å²) in [7, 11) is 1.12. The number of nitro groups is 1. The number of rotatable bonds is 1. The van der Waals surface area contributed by atoms with Crippen LogP contribution in [0.1, 0.15) is 5.69 Å². The van der Waals surface area contributed by atoms with Gasteiger partial charge in [0.05, 0.1) is 15.8 Å². The molecule has 4 nitrogen and oxygen atoms in total. The first-order valence-corrected chi connectivity index (χ1v) is 5.11. The van der Waals surface area contributed by atoms with Gasteiger partial charge in [-0.15, -0.1) is 0 Å². The summed E-state index contributed by atoms with van der Waals surface area (Å²) in [4.78, 5) is 9.81. The van der Waals surface area contributed by atoms with E-state index in [-0.39, 0.29) is 15.9 Å². The van der Waals surface area contributed by atoms with E-state index in [4.69, 9.17) is 11.6 Å². The van der Waals surface area contributed by atoms with Crippen molar-refractivity contribution in [3.63, 3.8) is 0 Å². The molecule has 2 rings (SSSR count). The number of aromatic nitrogens is 1. The van der Waals surface area contributed by atoms with E-state index in [0.717, 1.165) is 11.6 Å². The molecular weight excluding hydrogens is 273 g/mol. The normalized spacial score (nSPS) is 12.1. The Morgan fingerprint density at radius 1 is 1.39 bits per heavy atom. The minimum absolute atomic E-state index is 0.0709. The molecule has 0 spiro atoms. The third kappa shape index (κ3) is 1.80. The number of fused-ring (bicyclic) bond motifs is 1. The zero-order chi connectivity index (χ0) is 13.7. The van der Waals surface area contributed by atoms with Crippen molar-refractivity contribution in [2.24, 2.45) is 7.05 Å². The quantitative estimate of drug-likeness (QED) is 0.589. The van der Waals surface area contributed by atoms with Gasteiger partial charge in [-0.3, -0.25) is 10.1 Å². The van der Waals surface area contributed by atoms with Gasteiger partial charge in [-0.05, 0) is 18.2 Å². The smallest absolute Gasteiger partial charge is 0.334 e. The second-order valence-electron chi connectivity index (χ2n) is 3.67. The standard InChI is InChI=1S/C10H6ClF3N2O2/c1-15-7-4-5(11)2-3-6(7)8(16(17)18)9(15)10(12,13)14/h2-4H,1H3. The van der Waals surface area contributed by atoms with Crippen LogP contribution in [0.2, 0.25) is 5.02 Å². The first-order chi connectivity index (χ1) is 8.23. The molecule has 0 aliphatic carbocycles. The summed E-state index contributed by atoms with van der Waals surface area (Å²) in [5.74, 6) is 0. The zero-order valence-corrected chi connectivity index (χ0v) is 9.71. The van der Waals surface area contributed by atoms with E-state index < -0.39 is 22.5 Å². The van der Waals surface area contributed by atoms with Crippen LogP contribution < -0.4 is 0 Å². The number of alkyl halides is 3. The summed E-state index contributed by atoms with van der Waals surface area (Å²) in [5, 5.41) is 11.0. The van der Waals surface area contributed by atoms with Gasteiger partial charge in [-0.1, -0.05) is 11.6 Å². The third-order valence-electron chi connectivity index (χ3n) is 2.59. The average molecular weight is 279 g/mol. The maximum atomic E-state index is 12.9. The monoisotopic (exact) mass is 278 g/mol. The molecule has 0 unspecified atom stereocenters. The number of aryl methyl sites for hydroxylation is 1. The number of halogens is 4. The minimum Gasteiger partial charge on any atom is -0.334 e. The minimum atomic E-state index is -4.80. The molecule has 0 aliphatic heterocycles. The van der Waals surface area contributed by atoms with Crippen LogP contribution in [0.15, 0.2) is 18.2 Å². The Hall–Kier alpha value is -1.76. The van der Waals surface area contributed by atoms with Crippen LogP contribution in [0, 0.1) is 10.1 Å². The first-order valence-electron chi connectivity index (χ1n) is 4.73. The van der Waals surface area contributed by atoms with Crippen LogP contribution >= 0.6 is 11.6 Å². The molecule has 18 heavy (non-hydrogen) atoms. The Morgan fingerprint density at radius 2 is 2.00 bits per heavy atom. The van der Waals surface area contributed by atoms with E-state index in [9.17, 15) is 23.3 Å². The molecule has 0 saturated heterocycles. The molecule has 0 radical (unpaired) electrons. The highest BCUT2D eigenvalue weighted by atomic mass is 35.5. The predicted molar refractivity (Wildman–Crippen MR) is 59.6 cm³/mol. The number of hydrogen-bond acceptors (Lipinski definition) is 2. The highest BCUT2D eigenvalue weighted by molar-refractivity contribution is 6.31. The van der Waals surface area contributed by atoms with E-state index in [1.807, 2.05) is 0 Å². The molecule has 0 fully saturated rings. The maximum Gasteiger partial charge on any atom is 0.438 e. The Balaban J connectivity index is 2.97. The number of benzene rings is 1. The lowest BCUT2D eigenvalue weighted by molar-refractivity contribution is -0.386.